The molecule has 5 rings (SSSR count). The number of fused-ring (bicyclic) bond motifs is 1. The Bertz CT molecular complexity index is 1330. The Morgan fingerprint density at radius 3 is 2.48 bits per heavy atom. The summed E-state index contributed by atoms with van der Waals surface area (Å²) in [4.78, 5) is 23.2. The van der Waals surface area contributed by atoms with Gasteiger partial charge in [0.25, 0.3) is 0 Å². The summed E-state index contributed by atoms with van der Waals surface area (Å²) in [6.07, 6.45) is 6.54. The van der Waals surface area contributed by atoms with Gasteiger partial charge in [-0.15, -0.1) is 0 Å². The van der Waals surface area contributed by atoms with Crippen LogP contribution in [0.3, 0.4) is 0 Å². The predicted octanol–water partition coefficient (Wildman–Crippen LogP) is 5.33. The van der Waals surface area contributed by atoms with Gasteiger partial charge in [0.2, 0.25) is 5.43 Å². The standard InChI is InChI=1S/C27H31N5O/c1-4-31-17-23(24(33)22-15-12-19(3)28-26(22)31)27-29-25(21-13-10-18(2)11-14-21)30-32(27)16-20-8-6-5-7-9-20/h5-9,12,15,17-18,21H,4,10-11,13-14,16H2,1-3H3. The minimum atomic E-state index is -0.0345. The Hall–Kier alpha value is -3.28. The maximum absolute atomic E-state index is 13.6. The lowest BCUT2D eigenvalue weighted by molar-refractivity contribution is 0.339. The molecule has 33 heavy (non-hydrogen) atoms. The number of benzene rings is 1. The summed E-state index contributed by atoms with van der Waals surface area (Å²) in [5.74, 6) is 2.65. The Morgan fingerprint density at radius 1 is 1.00 bits per heavy atom. The molecule has 1 saturated carbocycles. The average Bonchev–Trinajstić information content (AvgIpc) is 3.24. The minimum Gasteiger partial charge on any atom is -0.332 e. The fraction of sp³-hybridized carbons (Fsp3) is 0.407. The summed E-state index contributed by atoms with van der Waals surface area (Å²) in [6.45, 7) is 7.65. The van der Waals surface area contributed by atoms with E-state index in [1.165, 1.54) is 12.8 Å². The van der Waals surface area contributed by atoms with Gasteiger partial charge < -0.3 is 4.57 Å². The van der Waals surface area contributed by atoms with Crippen molar-refractivity contribution in [2.45, 2.75) is 65.5 Å². The molecular formula is C27H31N5O. The lowest BCUT2D eigenvalue weighted by Crippen LogP contribution is -2.16. The lowest BCUT2D eigenvalue weighted by Gasteiger charge is -2.23. The Balaban J connectivity index is 1.66. The van der Waals surface area contributed by atoms with Gasteiger partial charge in [-0.3, -0.25) is 4.79 Å². The van der Waals surface area contributed by atoms with Crippen molar-refractivity contribution in [3.8, 4) is 11.4 Å². The molecule has 1 aliphatic carbocycles. The number of rotatable bonds is 5. The highest BCUT2D eigenvalue weighted by atomic mass is 16.1. The first kappa shape index (κ1) is 21.6. The second-order valence-electron chi connectivity index (χ2n) is 9.38. The summed E-state index contributed by atoms with van der Waals surface area (Å²) in [6, 6.07) is 14.0. The third-order valence-corrected chi connectivity index (χ3v) is 6.89. The topological polar surface area (TPSA) is 65.6 Å². The number of nitrogens with zero attached hydrogens (tertiary/aromatic N) is 5. The van der Waals surface area contributed by atoms with E-state index >= 15 is 0 Å². The second-order valence-corrected chi connectivity index (χ2v) is 9.38. The summed E-state index contributed by atoms with van der Waals surface area (Å²) in [7, 11) is 0. The Labute approximate surface area is 194 Å². The monoisotopic (exact) mass is 441 g/mol. The van der Waals surface area contributed by atoms with E-state index in [1.807, 2.05) is 52.7 Å². The molecule has 3 aromatic heterocycles. The van der Waals surface area contributed by atoms with E-state index in [1.54, 1.807) is 0 Å². The molecule has 1 fully saturated rings. The van der Waals surface area contributed by atoms with Gasteiger partial charge in [0.15, 0.2) is 11.6 Å². The van der Waals surface area contributed by atoms with Crippen LogP contribution in [0.2, 0.25) is 0 Å². The van der Waals surface area contributed by atoms with Gasteiger partial charge in [-0.1, -0.05) is 50.1 Å². The number of aryl methyl sites for hydroxylation is 2. The van der Waals surface area contributed by atoms with E-state index in [4.69, 9.17) is 10.1 Å². The van der Waals surface area contributed by atoms with Crippen LogP contribution < -0.4 is 5.43 Å². The molecular weight excluding hydrogens is 410 g/mol. The molecule has 4 aromatic rings. The van der Waals surface area contributed by atoms with Crippen molar-refractivity contribution in [3.05, 3.63) is 76.0 Å². The fourth-order valence-electron chi connectivity index (χ4n) is 4.88. The SMILES string of the molecule is CCn1cc(-c2nc(C3CCC(C)CC3)nn2Cc2ccccc2)c(=O)c2ccc(C)nc21. The number of hydrogen-bond donors (Lipinski definition) is 0. The maximum atomic E-state index is 13.6. The first-order valence-corrected chi connectivity index (χ1v) is 12.0. The molecule has 0 aliphatic heterocycles. The molecule has 0 saturated heterocycles. The molecule has 0 unspecified atom stereocenters. The molecule has 170 valence electrons. The largest absolute Gasteiger partial charge is 0.332 e. The van der Waals surface area contributed by atoms with Crippen molar-refractivity contribution in [2.75, 3.05) is 0 Å². The van der Waals surface area contributed by atoms with Crippen LogP contribution in [-0.2, 0) is 13.1 Å². The van der Waals surface area contributed by atoms with Gasteiger partial charge in [-0.2, -0.15) is 5.10 Å². The van der Waals surface area contributed by atoms with E-state index in [-0.39, 0.29) is 5.43 Å². The molecule has 6 heteroatoms. The zero-order valence-corrected chi connectivity index (χ0v) is 19.7. The summed E-state index contributed by atoms with van der Waals surface area (Å²) in [5.41, 5.74) is 3.32. The van der Waals surface area contributed by atoms with Crippen LogP contribution in [0.15, 0.2) is 53.5 Å². The van der Waals surface area contributed by atoms with Gasteiger partial charge in [0.05, 0.1) is 17.5 Å². The van der Waals surface area contributed by atoms with Crippen LogP contribution in [0.4, 0.5) is 0 Å². The molecule has 0 atom stereocenters. The summed E-state index contributed by atoms with van der Waals surface area (Å²) < 4.78 is 3.97. The van der Waals surface area contributed by atoms with Gasteiger partial charge in [0, 0.05) is 24.4 Å². The van der Waals surface area contributed by atoms with Crippen molar-refractivity contribution in [3.63, 3.8) is 0 Å². The van der Waals surface area contributed by atoms with Gasteiger partial charge >= 0.3 is 0 Å². The highest BCUT2D eigenvalue weighted by molar-refractivity contribution is 5.80. The first-order valence-electron chi connectivity index (χ1n) is 12.0. The van der Waals surface area contributed by atoms with Gasteiger partial charge in [0.1, 0.15) is 5.65 Å². The normalized spacial score (nSPS) is 18.6. The maximum Gasteiger partial charge on any atom is 0.202 e. The summed E-state index contributed by atoms with van der Waals surface area (Å²) >= 11 is 0. The number of pyridine rings is 2. The molecule has 0 N–H and O–H groups in total. The zero-order valence-electron chi connectivity index (χ0n) is 19.7. The quantitative estimate of drug-likeness (QED) is 0.420. The second kappa shape index (κ2) is 8.93. The average molecular weight is 442 g/mol. The smallest absolute Gasteiger partial charge is 0.202 e. The molecule has 1 aromatic carbocycles. The van der Waals surface area contributed by atoms with Crippen molar-refractivity contribution >= 4 is 11.0 Å². The first-order chi connectivity index (χ1) is 16.0. The van der Waals surface area contributed by atoms with Crippen LogP contribution in [0.1, 0.15) is 62.5 Å². The third-order valence-electron chi connectivity index (χ3n) is 6.89. The highest BCUT2D eigenvalue weighted by Crippen LogP contribution is 2.35. The predicted molar refractivity (Wildman–Crippen MR) is 131 cm³/mol. The molecule has 0 bridgehead atoms. The summed E-state index contributed by atoms with van der Waals surface area (Å²) in [5, 5.41) is 5.59. The van der Waals surface area contributed by atoms with Gasteiger partial charge in [-0.25, -0.2) is 14.6 Å². The molecule has 0 spiro atoms. The van der Waals surface area contributed by atoms with Crippen LogP contribution in [0.25, 0.3) is 22.4 Å². The number of aromatic nitrogens is 5. The van der Waals surface area contributed by atoms with Crippen LogP contribution >= 0.6 is 0 Å². The van der Waals surface area contributed by atoms with E-state index in [0.29, 0.717) is 29.2 Å². The minimum absolute atomic E-state index is 0.0345. The van der Waals surface area contributed by atoms with Crippen LogP contribution in [0.5, 0.6) is 0 Å². The highest BCUT2D eigenvalue weighted by Gasteiger charge is 2.26. The van der Waals surface area contributed by atoms with Crippen molar-refractivity contribution in [1.29, 1.82) is 0 Å². The third kappa shape index (κ3) is 4.22. The van der Waals surface area contributed by atoms with E-state index in [0.717, 1.165) is 48.0 Å². The van der Waals surface area contributed by atoms with Crippen molar-refractivity contribution in [1.82, 2.24) is 24.3 Å². The van der Waals surface area contributed by atoms with E-state index < -0.39 is 0 Å². The van der Waals surface area contributed by atoms with E-state index in [9.17, 15) is 4.79 Å². The van der Waals surface area contributed by atoms with E-state index in [2.05, 4.69) is 31.0 Å². The fourth-order valence-corrected chi connectivity index (χ4v) is 4.88. The van der Waals surface area contributed by atoms with Crippen LogP contribution in [0, 0.1) is 12.8 Å². The lowest BCUT2D eigenvalue weighted by atomic mass is 9.83. The Morgan fingerprint density at radius 2 is 1.76 bits per heavy atom. The Kier molecular flexibility index (Phi) is 5.83. The molecule has 3 heterocycles. The molecule has 6 nitrogen and oxygen atoms in total. The van der Waals surface area contributed by atoms with Crippen molar-refractivity contribution < 1.29 is 0 Å². The molecule has 0 amide bonds. The molecule has 0 radical (unpaired) electrons. The molecule has 1 aliphatic rings. The number of hydrogen-bond acceptors (Lipinski definition) is 4. The van der Waals surface area contributed by atoms with Crippen LogP contribution in [-0.4, -0.2) is 24.3 Å². The van der Waals surface area contributed by atoms with Crippen molar-refractivity contribution in [2.24, 2.45) is 5.92 Å². The van der Waals surface area contributed by atoms with Gasteiger partial charge in [-0.05, 0) is 50.3 Å². The zero-order chi connectivity index (χ0) is 22.9.